The fourth-order valence-corrected chi connectivity index (χ4v) is 4.95. The van der Waals surface area contributed by atoms with Crippen LogP contribution in [0.1, 0.15) is 43.2 Å². The summed E-state index contributed by atoms with van der Waals surface area (Å²) in [5, 5.41) is 14.6. The molecule has 1 aliphatic carbocycles. The Morgan fingerprint density at radius 1 is 1.09 bits per heavy atom. The van der Waals surface area contributed by atoms with Gasteiger partial charge in [0.25, 0.3) is 0 Å². The zero-order chi connectivity index (χ0) is 24.8. The molecule has 3 atom stereocenters. The van der Waals surface area contributed by atoms with Crippen LogP contribution in [0.5, 0.6) is 0 Å². The lowest BCUT2D eigenvalue weighted by molar-refractivity contribution is -0.138. The summed E-state index contributed by atoms with van der Waals surface area (Å²) >= 11 is 0. The average molecular weight is 481 g/mol. The van der Waals surface area contributed by atoms with Gasteiger partial charge in [-0.3, -0.25) is 9.59 Å². The minimum atomic E-state index is -0.889. The quantitative estimate of drug-likeness (QED) is 0.506. The molecule has 2 aliphatic rings. The number of hydrogen-bond acceptors (Lipinski definition) is 5. The van der Waals surface area contributed by atoms with Crippen molar-refractivity contribution in [1.29, 1.82) is 0 Å². The Morgan fingerprint density at radius 2 is 1.74 bits per heavy atom. The number of carboxylic acid groups (broad SMARTS) is 1. The van der Waals surface area contributed by atoms with Gasteiger partial charge >= 0.3 is 12.1 Å². The Hall–Kier alpha value is -3.39. The minimum absolute atomic E-state index is 0.00121. The summed E-state index contributed by atoms with van der Waals surface area (Å²) in [4.78, 5) is 35.9. The Morgan fingerprint density at radius 3 is 2.40 bits per heavy atom. The van der Waals surface area contributed by atoms with Crippen LogP contribution in [0.25, 0.3) is 11.1 Å². The number of carboxylic acids is 1. The lowest BCUT2D eigenvalue weighted by Crippen LogP contribution is -2.47. The van der Waals surface area contributed by atoms with Crippen LogP contribution in [-0.2, 0) is 19.1 Å². The standard InChI is InChI=1S/C27H32N2O6/c1-17(12-26(31)32)14-28-25(30)13-18-15-34-11-10-24(18)29-27(33)35-16-23-21-8-4-2-6-19(21)20-7-3-5-9-22(20)23/h2-9,17-18,23-24H,10-16H2,1H3,(H,28,30)(H,29,33)(H,31,32). The van der Waals surface area contributed by atoms with E-state index in [1.54, 1.807) is 6.92 Å². The van der Waals surface area contributed by atoms with E-state index < -0.39 is 12.1 Å². The third-order valence-corrected chi connectivity index (χ3v) is 6.74. The average Bonchev–Trinajstić information content (AvgIpc) is 3.16. The van der Waals surface area contributed by atoms with Gasteiger partial charge in [-0.05, 0) is 34.6 Å². The third-order valence-electron chi connectivity index (χ3n) is 6.74. The molecule has 4 rings (SSSR count). The maximum absolute atomic E-state index is 12.7. The predicted molar refractivity (Wildman–Crippen MR) is 130 cm³/mol. The van der Waals surface area contributed by atoms with Crippen molar-refractivity contribution in [2.24, 2.45) is 11.8 Å². The number of amides is 2. The van der Waals surface area contributed by atoms with Crippen LogP contribution >= 0.6 is 0 Å². The van der Waals surface area contributed by atoms with E-state index in [2.05, 4.69) is 34.9 Å². The molecular weight excluding hydrogens is 448 g/mol. The maximum atomic E-state index is 12.7. The van der Waals surface area contributed by atoms with Crippen LogP contribution in [-0.4, -0.2) is 55.5 Å². The molecule has 0 radical (unpaired) electrons. The molecule has 35 heavy (non-hydrogen) atoms. The highest BCUT2D eigenvalue weighted by atomic mass is 16.5. The number of ether oxygens (including phenoxy) is 2. The van der Waals surface area contributed by atoms with E-state index in [1.807, 2.05) is 24.3 Å². The summed E-state index contributed by atoms with van der Waals surface area (Å²) in [6.07, 6.45) is 0.282. The first-order valence-electron chi connectivity index (χ1n) is 12.1. The van der Waals surface area contributed by atoms with E-state index in [1.165, 1.54) is 11.1 Å². The van der Waals surface area contributed by atoms with Crippen molar-refractivity contribution in [3.05, 3.63) is 59.7 Å². The van der Waals surface area contributed by atoms with Gasteiger partial charge in [0.05, 0.1) is 6.61 Å². The van der Waals surface area contributed by atoms with E-state index in [9.17, 15) is 14.4 Å². The molecule has 3 N–H and O–H groups in total. The van der Waals surface area contributed by atoms with Crippen molar-refractivity contribution >= 4 is 18.0 Å². The van der Waals surface area contributed by atoms with Gasteiger partial charge in [-0.2, -0.15) is 0 Å². The molecule has 0 saturated carbocycles. The highest BCUT2D eigenvalue weighted by molar-refractivity contribution is 5.79. The van der Waals surface area contributed by atoms with Gasteiger partial charge in [-0.25, -0.2) is 4.79 Å². The van der Waals surface area contributed by atoms with Crippen LogP contribution in [0.15, 0.2) is 48.5 Å². The SMILES string of the molecule is CC(CNC(=O)CC1COCCC1NC(=O)OCC1c2ccccc2-c2ccccc21)CC(=O)O. The second-order valence-electron chi connectivity index (χ2n) is 9.41. The molecular formula is C27H32N2O6. The minimum Gasteiger partial charge on any atom is -0.481 e. The zero-order valence-corrected chi connectivity index (χ0v) is 19.9. The fraction of sp³-hybridized carbons (Fsp3) is 0.444. The maximum Gasteiger partial charge on any atom is 0.407 e. The Labute approximate surface area is 205 Å². The first kappa shape index (κ1) is 24.7. The summed E-state index contributed by atoms with van der Waals surface area (Å²) < 4.78 is 11.2. The van der Waals surface area contributed by atoms with Crippen molar-refractivity contribution in [2.75, 3.05) is 26.4 Å². The lowest BCUT2D eigenvalue weighted by Gasteiger charge is -2.31. The van der Waals surface area contributed by atoms with E-state index in [4.69, 9.17) is 14.6 Å². The van der Waals surface area contributed by atoms with Crippen LogP contribution in [0.4, 0.5) is 4.79 Å². The molecule has 1 saturated heterocycles. The van der Waals surface area contributed by atoms with Gasteiger partial charge in [0.1, 0.15) is 6.61 Å². The number of benzene rings is 2. The highest BCUT2D eigenvalue weighted by Crippen LogP contribution is 2.44. The van der Waals surface area contributed by atoms with Gasteiger partial charge in [0.2, 0.25) is 5.91 Å². The number of nitrogens with one attached hydrogen (secondary N) is 2. The smallest absolute Gasteiger partial charge is 0.407 e. The highest BCUT2D eigenvalue weighted by Gasteiger charge is 2.32. The Kier molecular flexibility index (Phi) is 8.02. The van der Waals surface area contributed by atoms with Crippen molar-refractivity contribution in [3.63, 3.8) is 0 Å². The van der Waals surface area contributed by atoms with Crippen molar-refractivity contribution < 1.29 is 29.0 Å². The Bertz CT molecular complexity index is 1030. The van der Waals surface area contributed by atoms with Gasteiger partial charge in [0, 0.05) is 43.9 Å². The van der Waals surface area contributed by atoms with E-state index in [-0.39, 0.29) is 49.2 Å². The number of rotatable bonds is 9. The van der Waals surface area contributed by atoms with Crippen LogP contribution in [0, 0.1) is 11.8 Å². The monoisotopic (exact) mass is 480 g/mol. The van der Waals surface area contributed by atoms with Crippen molar-refractivity contribution in [1.82, 2.24) is 10.6 Å². The molecule has 186 valence electrons. The summed E-state index contributed by atoms with van der Waals surface area (Å²) in [6, 6.07) is 16.1. The van der Waals surface area contributed by atoms with Crippen LogP contribution < -0.4 is 10.6 Å². The number of fused-ring (bicyclic) bond motifs is 3. The van der Waals surface area contributed by atoms with E-state index in [0.29, 0.717) is 26.2 Å². The summed E-state index contributed by atoms with van der Waals surface area (Å²) in [5.41, 5.74) is 4.65. The topological polar surface area (TPSA) is 114 Å². The second-order valence-corrected chi connectivity index (χ2v) is 9.41. The molecule has 8 heteroatoms. The predicted octanol–water partition coefficient (Wildman–Crippen LogP) is 3.55. The molecule has 1 aliphatic heterocycles. The van der Waals surface area contributed by atoms with E-state index >= 15 is 0 Å². The molecule has 2 aromatic rings. The molecule has 0 aromatic heterocycles. The molecule has 8 nitrogen and oxygen atoms in total. The molecule has 0 bridgehead atoms. The molecule has 0 spiro atoms. The number of carbonyl (C=O) groups excluding carboxylic acids is 2. The normalized spacial score (nSPS) is 19.8. The van der Waals surface area contributed by atoms with Gasteiger partial charge in [-0.15, -0.1) is 0 Å². The third kappa shape index (κ3) is 6.19. The summed E-state index contributed by atoms with van der Waals surface area (Å²) in [5.74, 6) is -1.43. The number of carbonyl (C=O) groups is 3. The largest absolute Gasteiger partial charge is 0.481 e. The second kappa shape index (κ2) is 11.4. The number of aliphatic carboxylic acids is 1. The molecule has 1 heterocycles. The first-order valence-corrected chi connectivity index (χ1v) is 12.1. The molecule has 2 aromatic carbocycles. The molecule has 2 amide bonds. The molecule has 1 fully saturated rings. The molecule has 3 unspecified atom stereocenters. The Balaban J connectivity index is 1.30. The lowest BCUT2D eigenvalue weighted by atomic mass is 9.92. The van der Waals surface area contributed by atoms with Gasteiger partial charge in [-0.1, -0.05) is 55.5 Å². The number of alkyl carbamates (subject to hydrolysis) is 1. The van der Waals surface area contributed by atoms with Crippen LogP contribution in [0.2, 0.25) is 0 Å². The van der Waals surface area contributed by atoms with Crippen molar-refractivity contribution in [2.45, 2.75) is 38.1 Å². The fourth-order valence-electron chi connectivity index (χ4n) is 4.95. The summed E-state index contributed by atoms with van der Waals surface area (Å²) in [7, 11) is 0. The number of hydrogen-bond donors (Lipinski definition) is 3. The van der Waals surface area contributed by atoms with E-state index in [0.717, 1.165) is 11.1 Å². The van der Waals surface area contributed by atoms with Gasteiger partial charge in [0.15, 0.2) is 0 Å². The summed E-state index contributed by atoms with van der Waals surface area (Å²) in [6.45, 7) is 3.17. The zero-order valence-electron chi connectivity index (χ0n) is 19.9. The van der Waals surface area contributed by atoms with Crippen molar-refractivity contribution in [3.8, 4) is 11.1 Å². The van der Waals surface area contributed by atoms with Crippen LogP contribution in [0.3, 0.4) is 0 Å². The first-order chi connectivity index (χ1) is 16.9. The van der Waals surface area contributed by atoms with Gasteiger partial charge < -0.3 is 25.2 Å².